The summed E-state index contributed by atoms with van der Waals surface area (Å²) in [6.07, 6.45) is 2.49. The molecule has 0 aromatic heterocycles. The molecule has 2 aliphatic heterocycles. The standard InChI is InChI=1S/C21H28ClFN4O2.HI/c1-24-21(25-18-13-15(18)19-16(22)3-2-4-17(19)23)27-7-5-14(6-8-27)20(28)26-9-11-29-12-10-26;/h2-4,14-15,18H,5-13H2,1H3,(H,24,25);1H. The number of hydrogen-bond acceptors (Lipinski definition) is 3. The molecule has 2 saturated heterocycles. The van der Waals surface area contributed by atoms with Crippen molar-refractivity contribution < 1.29 is 13.9 Å². The van der Waals surface area contributed by atoms with Crippen LogP contribution in [0, 0.1) is 11.7 Å². The minimum absolute atomic E-state index is 0. The first-order valence-electron chi connectivity index (χ1n) is 10.4. The number of piperidine rings is 1. The Morgan fingerprint density at radius 3 is 2.53 bits per heavy atom. The SMILES string of the molecule is CN=C(NC1CC1c1c(F)cccc1Cl)N1CCC(C(=O)N2CCOCC2)CC1.I. The lowest BCUT2D eigenvalue weighted by Crippen LogP contribution is -2.50. The lowest BCUT2D eigenvalue weighted by atomic mass is 9.95. The number of ether oxygens (including phenoxy) is 1. The zero-order chi connectivity index (χ0) is 20.4. The molecule has 3 fully saturated rings. The highest BCUT2D eigenvalue weighted by molar-refractivity contribution is 14.0. The van der Waals surface area contributed by atoms with Crippen molar-refractivity contribution >= 4 is 47.4 Å². The van der Waals surface area contributed by atoms with Crippen LogP contribution in [0.1, 0.15) is 30.7 Å². The molecule has 3 aliphatic rings. The van der Waals surface area contributed by atoms with Gasteiger partial charge in [0.1, 0.15) is 5.82 Å². The molecule has 4 rings (SSSR count). The summed E-state index contributed by atoms with van der Waals surface area (Å²) >= 11 is 6.21. The van der Waals surface area contributed by atoms with Gasteiger partial charge < -0.3 is 19.9 Å². The summed E-state index contributed by atoms with van der Waals surface area (Å²) in [4.78, 5) is 21.3. The van der Waals surface area contributed by atoms with Crippen LogP contribution < -0.4 is 5.32 Å². The van der Waals surface area contributed by atoms with Crippen LogP contribution >= 0.6 is 35.6 Å². The molecule has 1 N–H and O–H groups in total. The third-order valence-corrected chi connectivity index (χ3v) is 6.48. The van der Waals surface area contributed by atoms with E-state index in [1.165, 1.54) is 6.07 Å². The maximum absolute atomic E-state index is 14.2. The molecule has 2 heterocycles. The summed E-state index contributed by atoms with van der Waals surface area (Å²) in [5, 5.41) is 3.94. The lowest BCUT2D eigenvalue weighted by molar-refractivity contribution is -0.140. The molecule has 30 heavy (non-hydrogen) atoms. The van der Waals surface area contributed by atoms with Crippen molar-refractivity contribution in [2.24, 2.45) is 10.9 Å². The number of carbonyl (C=O) groups is 1. The van der Waals surface area contributed by atoms with E-state index in [2.05, 4.69) is 15.2 Å². The van der Waals surface area contributed by atoms with E-state index in [0.29, 0.717) is 36.9 Å². The van der Waals surface area contributed by atoms with Gasteiger partial charge in [0.2, 0.25) is 5.91 Å². The van der Waals surface area contributed by atoms with Crippen molar-refractivity contribution in [1.82, 2.24) is 15.1 Å². The number of halogens is 3. The number of aliphatic imine (C=N–C) groups is 1. The van der Waals surface area contributed by atoms with Gasteiger partial charge in [-0.05, 0) is 31.4 Å². The fourth-order valence-electron chi connectivity index (χ4n) is 4.38. The van der Waals surface area contributed by atoms with Crippen LogP contribution in [0.2, 0.25) is 5.02 Å². The molecular formula is C21H29ClFIN4O2. The molecule has 0 bridgehead atoms. The summed E-state index contributed by atoms with van der Waals surface area (Å²) in [5.41, 5.74) is 0.594. The maximum Gasteiger partial charge on any atom is 0.225 e. The van der Waals surface area contributed by atoms with Crippen LogP contribution in [0.15, 0.2) is 23.2 Å². The largest absolute Gasteiger partial charge is 0.378 e. The molecule has 9 heteroatoms. The molecule has 0 spiro atoms. The zero-order valence-corrected chi connectivity index (χ0v) is 20.2. The number of morpholine rings is 1. The van der Waals surface area contributed by atoms with Gasteiger partial charge >= 0.3 is 0 Å². The van der Waals surface area contributed by atoms with Gasteiger partial charge in [-0.2, -0.15) is 0 Å². The molecule has 1 saturated carbocycles. The van der Waals surface area contributed by atoms with E-state index in [-0.39, 0.29) is 53.6 Å². The van der Waals surface area contributed by atoms with Crippen LogP contribution in [0.3, 0.4) is 0 Å². The van der Waals surface area contributed by atoms with E-state index in [4.69, 9.17) is 16.3 Å². The number of hydrogen-bond donors (Lipinski definition) is 1. The molecule has 1 amide bonds. The lowest BCUT2D eigenvalue weighted by Gasteiger charge is -2.36. The summed E-state index contributed by atoms with van der Waals surface area (Å²) in [6.45, 7) is 4.25. The monoisotopic (exact) mass is 550 g/mol. The Balaban J connectivity index is 0.00000256. The Bertz CT molecular complexity index is 762. The molecule has 1 aliphatic carbocycles. The van der Waals surface area contributed by atoms with Gasteiger partial charge in [-0.1, -0.05) is 17.7 Å². The number of likely N-dealkylation sites (tertiary alicyclic amines) is 1. The van der Waals surface area contributed by atoms with Gasteiger partial charge in [0, 0.05) is 61.7 Å². The third-order valence-electron chi connectivity index (χ3n) is 6.15. The quantitative estimate of drug-likeness (QED) is 0.357. The van der Waals surface area contributed by atoms with Crippen LogP contribution in [0.25, 0.3) is 0 Å². The minimum Gasteiger partial charge on any atom is -0.378 e. The van der Waals surface area contributed by atoms with Crippen molar-refractivity contribution in [2.45, 2.75) is 31.2 Å². The fraction of sp³-hybridized carbons (Fsp3) is 0.619. The number of nitrogens with zero attached hydrogens (tertiary/aromatic N) is 3. The first-order valence-corrected chi connectivity index (χ1v) is 10.7. The number of benzene rings is 1. The average Bonchev–Trinajstić information content (AvgIpc) is 3.51. The van der Waals surface area contributed by atoms with Crippen LogP contribution in [0.5, 0.6) is 0 Å². The van der Waals surface area contributed by atoms with Gasteiger partial charge in [-0.3, -0.25) is 9.79 Å². The topological polar surface area (TPSA) is 57.2 Å². The first-order chi connectivity index (χ1) is 14.1. The van der Waals surface area contributed by atoms with Gasteiger partial charge in [0.05, 0.1) is 13.2 Å². The van der Waals surface area contributed by atoms with Crippen LogP contribution in [0.4, 0.5) is 4.39 Å². The van der Waals surface area contributed by atoms with Crippen molar-refractivity contribution in [3.63, 3.8) is 0 Å². The van der Waals surface area contributed by atoms with Crippen LogP contribution in [-0.4, -0.2) is 74.1 Å². The predicted molar refractivity (Wildman–Crippen MR) is 126 cm³/mol. The Kier molecular flexibility index (Phi) is 8.20. The summed E-state index contributed by atoms with van der Waals surface area (Å²) in [7, 11) is 1.76. The number of nitrogens with one attached hydrogen (secondary N) is 1. The predicted octanol–water partition coefficient (Wildman–Crippen LogP) is 3.10. The normalized spacial score (nSPS) is 25.0. The second-order valence-corrected chi connectivity index (χ2v) is 8.38. The Morgan fingerprint density at radius 2 is 1.90 bits per heavy atom. The summed E-state index contributed by atoms with van der Waals surface area (Å²) in [5.74, 6) is 0.980. The minimum atomic E-state index is -0.246. The second-order valence-electron chi connectivity index (χ2n) is 7.97. The fourth-order valence-corrected chi connectivity index (χ4v) is 4.68. The maximum atomic E-state index is 14.2. The molecule has 166 valence electrons. The zero-order valence-electron chi connectivity index (χ0n) is 17.2. The Labute approximate surface area is 199 Å². The van der Waals surface area contributed by atoms with Crippen LogP contribution in [-0.2, 0) is 9.53 Å². The molecule has 2 atom stereocenters. The van der Waals surface area contributed by atoms with E-state index in [9.17, 15) is 9.18 Å². The van der Waals surface area contributed by atoms with E-state index >= 15 is 0 Å². The van der Waals surface area contributed by atoms with Gasteiger partial charge in [0.25, 0.3) is 0 Å². The molecule has 0 radical (unpaired) electrons. The average molecular weight is 551 g/mol. The molecule has 1 aromatic carbocycles. The second kappa shape index (κ2) is 10.5. The summed E-state index contributed by atoms with van der Waals surface area (Å²) < 4.78 is 19.5. The van der Waals surface area contributed by atoms with E-state index in [1.807, 2.05) is 4.90 Å². The van der Waals surface area contributed by atoms with Crippen molar-refractivity contribution in [1.29, 1.82) is 0 Å². The van der Waals surface area contributed by atoms with E-state index in [1.54, 1.807) is 19.2 Å². The van der Waals surface area contributed by atoms with Crippen molar-refractivity contribution in [3.8, 4) is 0 Å². The third kappa shape index (κ3) is 5.19. The molecular weight excluding hydrogens is 522 g/mol. The first kappa shape index (κ1) is 23.5. The highest BCUT2D eigenvalue weighted by atomic mass is 127. The number of carbonyl (C=O) groups excluding carboxylic acids is 1. The van der Waals surface area contributed by atoms with E-state index < -0.39 is 0 Å². The number of guanidine groups is 1. The van der Waals surface area contributed by atoms with Gasteiger partial charge in [0.15, 0.2) is 5.96 Å². The van der Waals surface area contributed by atoms with Crippen molar-refractivity contribution in [2.75, 3.05) is 46.4 Å². The highest BCUT2D eigenvalue weighted by Crippen LogP contribution is 2.45. The molecule has 2 unspecified atom stereocenters. The summed E-state index contributed by atoms with van der Waals surface area (Å²) in [6, 6.07) is 4.96. The molecule has 6 nitrogen and oxygen atoms in total. The number of rotatable bonds is 3. The Morgan fingerprint density at radius 1 is 1.20 bits per heavy atom. The Hall–Kier alpha value is -1.13. The van der Waals surface area contributed by atoms with Gasteiger partial charge in [-0.25, -0.2) is 4.39 Å². The number of amides is 1. The van der Waals surface area contributed by atoms with Gasteiger partial charge in [-0.15, -0.1) is 24.0 Å². The smallest absolute Gasteiger partial charge is 0.225 e. The highest BCUT2D eigenvalue weighted by Gasteiger charge is 2.42. The molecule has 1 aromatic rings. The van der Waals surface area contributed by atoms with Crippen molar-refractivity contribution in [3.05, 3.63) is 34.6 Å². The van der Waals surface area contributed by atoms with E-state index in [0.717, 1.165) is 38.3 Å².